The average Bonchev–Trinajstić information content (AvgIpc) is 2.45. The van der Waals surface area contributed by atoms with Crippen LogP contribution in [0.3, 0.4) is 0 Å². The summed E-state index contributed by atoms with van der Waals surface area (Å²) in [4.78, 5) is 16.2. The number of nitrogens with zero attached hydrogens (tertiary/aromatic N) is 1. The van der Waals surface area contributed by atoms with Gasteiger partial charge in [-0.15, -0.1) is 0 Å². The van der Waals surface area contributed by atoms with Gasteiger partial charge in [-0.25, -0.2) is 9.37 Å². The van der Waals surface area contributed by atoms with Crippen LogP contribution in [-0.4, -0.2) is 10.9 Å². The molecule has 0 fully saturated rings. The predicted octanol–water partition coefficient (Wildman–Crippen LogP) is 5.30. The summed E-state index contributed by atoms with van der Waals surface area (Å²) < 4.78 is 20.0. The number of rotatable bonds is 3. The van der Waals surface area contributed by atoms with E-state index in [1.54, 1.807) is 24.3 Å². The molecular formula is C20H25FN2O2. The maximum atomic E-state index is 14.3. The highest BCUT2D eigenvalue weighted by atomic mass is 19.1. The quantitative estimate of drug-likeness (QED) is 0.822. The molecule has 0 unspecified atom stereocenters. The van der Waals surface area contributed by atoms with E-state index in [2.05, 4.69) is 10.3 Å². The molecule has 1 aromatic carbocycles. The van der Waals surface area contributed by atoms with Crippen LogP contribution in [0.2, 0.25) is 0 Å². The van der Waals surface area contributed by atoms with Crippen molar-refractivity contribution >= 4 is 11.7 Å². The van der Waals surface area contributed by atoms with Crippen molar-refractivity contribution in [2.24, 2.45) is 5.41 Å². The zero-order chi connectivity index (χ0) is 18.8. The molecule has 25 heavy (non-hydrogen) atoms. The van der Waals surface area contributed by atoms with Crippen LogP contribution in [0.1, 0.15) is 47.1 Å². The van der Waals surface area contributed by atoms with Gasteiger partial charge in [0, 0.05) is 23.7 Å². The summed E-state index contributed by atoms with van der Waals surface area (Å²) >= 11 is 0. The summed E-state index contributed by atoms with van der Waals surface area (Å²) in [7, 11) is 0. The highest BCUT2D eigenvalue weighted by Gasteiger charge is 2.22. The molecule has 0 aliphatic rings. The molecule has 0 spiro atoms. The van der Waals surface area contributed by atoms with E-state index in [1.807, 2.05) is 41.5 Å². The van der Waals surface area contributed by atoms with E-state index in [0.29, 0.717) is 22.9 Å². The first kappa shape index (κ1) is 18.9. The van der Waals surface area contributed by atoms with Crippen LogP contribution in [0.15, 0.2) is 36.5 Å². The number of pyridine rings is 1. The number of ether oxygens (including phenoxy) is 1. The Labute approximate surface area is 148 Å². The van der Waals surface area contributed by atoms with Crippen molar-refractivity contribution < 1.29 is 13.9 Å². The lowest BCUT2D eigenvalue weighted by molar-refractivity contribution is -0.123. The van der Waals surface area contributed by atoms with Gasteiger partial charge in [0.25, 0.3) is 0 Å². The van der Waals surface area contributed by atoms with Crippen molar-refractivity contribution in [1.82, 2.24) is 4.98 Å². The molecule has 0 radical (unpaired) electrons. The van der Waals surface area contributed by atoms with Crippen molar-refractivity contribution in [2.45, 2.75) is 47.0 Å². The van der Waals surface area contributed by atoms with Gasteiger partial charge in [-0.2, -0.15) is 0 Å². The third kappa shape index (κ3) is 5.02. The van der Waals surface area contributed by atoms with Gasteiger partial charge in [0.05, 0.1) is 0 Å². The summed E-state index contributed by atoms with van der Waals surface area (Å²) in [6.45, 7) is 11.3. The number of anilines is 1. The van der Waals surface area contributed by atoms with Gasteiger partial charge in [0.2, 0.25) is 5.91 Å². The predicted molar refractivity (Wildman–Crippen MR) is 97.5 cm³/mol. The minimum atomic E-state index is -0.523. The molecular weight excluding hydrogens is 319 g/mol. The number of nitrogens with one attached hydrogen (secondary N) is 1. The molecule has 1 N–H and O–H groups in total. The maximum absolute atomic E-state index is 14.3. The molecule has 1 amide bonds. The Morgan fingerprint density at radius 3 is 2.24 bits per heavy atom. The SMILES string of the molecule is CC(C)(C)C(=O)Nc1cc(Oc2ccc(C(C)(C)C)c(F)c2)ccn1. The van der Waals surface area contributed by atoms with Gasteiger partial charge >= 0.3 is 0 Å². The van der Waals surface area contributed by atoms with E-state index >= 15 is 0 Å². The van der Waals surface area contributed by atoms with Gasteiger partial charge in [-0.3, -0.25) is 4.79 Å². The Kier molecular flexibility index (Phi) is 5.16. The number of hydrogen-bond acceptors (Lipinski definition) is 3. The molecule has 1 heterocycles. The summed E-state index contributed by atoms with van der Waals surface area (Å²) in [5, 5.41) is 2.74. The third-order valence-electron chi connectivity index (χ3n) is 3.64. The summed E-state index contributed by atoms with van der Waals surface area (Å²) in [5.41, 5.74) is -0.165. The monoisotopic (exact) mass is 344 g/mol. The number of benzene rings is 1. The lowest BCUT2D eigenvalue weighted by Crippen LogP contribution is -2.27. The second-order valence-corrected chi connectivity index (χ2v) is 8.07. The minimum absolute atomic E-state index is 0.141. The molecule has 0 aliphatic carbocycles. The Bertz CT molecular complexity index is 774. The van der Waals surface area contributed by atoms with Crippen LogP contribution in [0.25, 0.3) is 0 Å². The molecule has 0 saturated carbocycles. The standard InChI is InChI=1S/C20H25FN2O2/c1-19(2,3)15-8-7-13(11-16(15)21)25-14-9-10-22-17(12-14)23-18(24)20(4,5)6/h7-12H,1-6H3,(H,22,23,24). The molecule has 134 valence electrons. The first-order valence-corrected chi connectivity index (χ1v) is 8.22. The second kappa shape index (κ2) is 6.82. The van der Waals surface area contributed by atoms with Gasteiger partial charge in [-0.1, -0.05) is 47.6 Å². The molecule has 2 rings (SSSR count). The van der Waals surface area contributed by atoms with Crippen LogP contribution in [0, 0.1) is 11.2 Å². The van der Waals surface area contributed by atoms with Crippen molar-refractivity contribution in [3.8, 4) is 11.5 Å². The molecule has 0 atom stereocenters. The van der Waals surface area contributed by atoms with Crippen LogP contribution in [0.4, 0.5) is 10.2 Å². The number of amides is 1. The van der Waals surface area contributed by atoms with E-state index in [1.165, 1.54) is 12.3 Å². The van der Waals surface area contributed by atoms with Gasteiger partial charge in [0.1, 0.15) is 23.1 Å². The van der Waals surface area contributed by atoms with E-state index < -0.39 is 5.41 Å². The highest BCUT2D eigenvalue weighted by molar-refractivity contribution is 5.93. The lowest BCUT2D eigenvalue weighted by Gasteiger charge is -2.20. The molecule has 0 bridgehead atoms. The first-order chi connectivity index (χ1) is 11.5. The van der Waals surface area contributed by atoms with Gasteiger partial charge < -0.3 is 10.1 Å². The fourth-order valence-electron chi connectivity index (χ4n) is 2.15. The maximum Gasteiger partial charge on any atom is 0.230 e. The zero-order valence-corrected chi connectivity index (χ0v) is 15.6. The normalized spacial score (nSPS) is 12.0. The van der Waals surface area contributed by atoms with E-state index in [9.17, 15) is 9.18 Å². The Hall–Kier alpha value is -2.43. The number of carbonyl (C=O) groups is 1. The Balaban J connectivity index is 2.17. The molecule has 5 heteroatoms. The smallest absolute Gasteiger partial charge is 0.230 e. The molecule has 0 aliphatic heterocycles. The number of aromatic nitrogens is 1. The minimum Gasteiger partial charge on any atom is -0.457 e. The van der Waals surface area contributed by atoms with E-state index in [0.717, 1.165) is 0 Å². The lowest BCUT2D eigenvalue weighted by atomic mass is 9.87. The van der Waals surface area contributed by atoms with E-state index in [-0.39, 0.29) is 17.1 Å². The number of hydrogen-bond donors (Lipinski definition) is 1. The molecule has 4 nitrogen and oxygen atoms in total. The van der Waals surface area contributed by atoms with Gasteiger partial charge in [0.15, 0.2) is 0 Å². The van der Waals surface area contributed by atoms with Gasteiger partial charge in [-0.05, 0) is 23.1 Å². The fraction of sp³-hybridized carbons (Fsp3) is 0.400. The Morgan fingerprint density at radius 2 is 1.68 bits per heavy atom. The van der Waals surface area contributed by atoms with Crippen LogP contribution in [-0.2, 0) is 10.2 Å². The summed E-state index contributed by atoms with van der Waals surface area (Å²) in [5.74, 6) is 0.814. The van der Waals surface area contributed by atoms with Crippen molar-refractivity contribution in [1.29, 1.82) is 0 Å². The van der Waals surface area contributed by atoms with Crippen LogP contribution >= 0.6 is 0 Å². The van der Waals surface area contributed by atoms with Crippen molar-refractivity contribution in [2.75, 3.05) is 5.32 Å². The van der Waals surface area contributed by atoms with Crippen molar-refractivity contribution in [3.63, 3.8) is 0 Å². The Morgan fingerprint density at radius 1 is 1.04 bits per heavy atom. The topological polar surface area (TPSA) is 51.2 Å². The fourth-order valence-corrected chi connectivity index (χ4v) is 2.15. The summed E-state index contributed by atoms with van der Waals surface area (Å²) in [6, 6.07) is 8.10. The summed E-state index contributed by atoms with van der Waals surface area (Å²) in [6.07, 6.45) is 1.54. The third-order valence-corrected chi connectivity index (χ3v) is 3.64. The molecule has 2 aromatic rings. The average molecular weight is 344 g/mol. The van der Waals surface area contributed by atoms with E-state index in [4.69, 9.17) is 4.74 Å². The van der Waals surface area contributed by atoms with Crippen molar-refractivity contribution in [3.05, 3.63) is 47.9 Å². The first-order valence-electron chi connectivity index (χ1n) is 8.22. The number of carbonyl (C=O) groups excluding carboxylic acids is 1. The number of halogens is 1. The van der Waals surface area contributed by atoms with Crippen LogP contribution in [0.5, 0.6) is 11.5 Å². The molecule has 0 saturated heterocycles. The zero-order valence-electron chi connectivity index (χ0n) is 15.6. The highest BCUT2D eigenvalue weighted by Crippen LogP contribution is 2.30. The largest absolute Gasteiger partial charge is 0.457 e. The van der Waals surface area contributed by atoms with Crippen LogP contribution < -0.4 is 10.1 Å². The second-order valence-electron chi connectivity index (χ2n) is 8.07. The molecule has 1 aromatic heterocycles.